The predicted molar refractivity (Wildman–Crippen MR) is 102 cm³/mol. The van der Waals surface area contributed by atoms with E-state index in [4.69, 9.17) is 5.73 Å². The van der Waals surface area contributed by atoms with Crippen LogP contribution in [0.2, 0.25) is 0 Å². The molecule has 0 spiro atoms. The molecule has 0 radical (unpaired) electrons. The van der Waals surface area contributed by atoms with Gasteiger partial charge in [0, 0.05) is 17.8 Å². The van der Waals surface area contributed by atoms with E-state index in [0.717, 1.165) is 16.6 Å². The van der Waals surface area contributed by atoms with Crippen LogP contribution >= 0.6 is 0 Å². The summed E-state index contributed by atoms with van der Waals surface area (Å²) in [6, 6.07) is 8.83. The van der Waals surface area contributed by atoms with E-state index in [1.54, 1.807) is 22.7 Å². The number of anilines is 1. The molecule has 7 heteroatoms. The summed E-state index contributed by atoms with van der Waals surface area (Å²) in [4.78, 5) is 23.1. The first-order valence-corrected chi connectivity index (χ1v) is 8.85. The molecule has 1 unspecified atom stereocenters. The fourth-order valence-electron chi connectivity index (χ4n) is 3.33. The number of amides is 1. The van der Waals surface area contributed by atoms with E-state index < -0.39 is 11.9 Å². The molecule has 2 aromatic heterocycles. The molecule has 1 aliphatic rings. The van der Waals surface area contributed by atoms with E-state index in [-0.39, 0.29) is 11.6 Å². The van der Waals surface area contributed by atoms with Crippen molar-refractivity contribution in [1.29, 1.82) is 0 Å². The number of nitrogens with one attached hydrogen (secondary N) is 1. The number of primary amides is 1. The van der Waals surface area contributed by atoms with Gasteiger partial charge in [-0.1, -0.05) is 12.1 Å². The maximum Gasteiger partial charge on any atom is 0.335 e. The van der Waals surface area contributed by atoms with E-state index in [1.807, 2.05) is 18.3 Å². The molecule has 3 aromatic rings. The number of fused-ring (bicyclic) bond motifs is 1. The number of carbonyl (C=O) groups excluding carboxylic acids is 1. The molecule has 4 rings (SSSR count). The van der Waals surface area contributed by atoms with Crippen LogP contribution in [0.4, 0.5) is 5.69 Å². The monoisotopic (exact) mass is 364 g/mol. The molecule has 1 fully saturated rings. The normalized spacial score (nSPS) is 14.9. The van der Waals surface area contributed by atoms with Crippen molar-refractivity contribution in [3.8, 4) is 11.1 Å². The number of carboxylic acids is 1. The van der Waals surface area contributed by atoms with Crippen molar-refractivity contribution in [2.45, 2.75) is 25.8 Å². The maximum atomic E-state index is 11.9. The summed E-state index contributed by atoms with van der Waals surface area (Å²) in [7, 11) is 0. The number of aromatic nitrogens is 2. The van der Waals surface area contributed by atoms with Crippen LogP contribution in [-0.4, -0.2) is 32.6 Å². The highest BCUT2D eigenvalue weighted by Crippen LogP contribution is 2.36. The Kier molecular flexibility index (Phi) is 4.07. The minimum Gasteiger partial charge on any atom is -0.478 e. The Labute approximate surface area is 155 Å². The molecule has 1 saturated carbocycles. The van der Waals surface area contributed by atoms with Gasteiger partial charge in [0.05, 0.1) is 28.5 Å². The van der Waals surface area contributed by atoms with Gasteiger partial charge in [0.1, 0.15) is 0 Å². The van der Waals surface area contributed by atoms with E-state index in [0.29, 0.717) is 17.2 Å². The van der Waals surface area contributed by atoms with Crippen molar-refractivity contribution in [1.82, 2.24) is 9.61 Å². The predicted octanol–water partition coefficient (Wildman–Crippen LogP) is 3.01. The smallest absolute Gasteiger partial charge is 0.335 e. The van der Waals surface area contributed by atoms with Gasteiger partial charge in [-0.05, 0) is 49.4 Å². The number of hydrogen-bond acceptors (Lipinski definition) is 4. The van der Waals surface area contributed by atoms with E-state index >= 15 is 0 Å². The highest BCUT2D eigenvalue weighted by atomic mass is 16.4. The zero-order valence-corrected chi connectivity index (χ0v) is 14.8. The van der Waals surface area contributed by atoms with Gasteiger partial charge in [0.25, 0.3) is 5.91 Å². The number of carbonyl (C=O) groups is 2. The molecule has 0 aliphatic heterocycles. The summed E-state index contributed by atoms with van der Waals surface area (Å²) in [5.74, 6) is -0.915. The Morgan fingerprint density at radius 2 is 2.07 bits per heavy atom. The van der Waals surface area contributed by atoms with Crippen LogP contribution in [0.3, 0.4) is 0 Å². The van der Waals surface area contributed by atoms with Crippen LogP contribution in [-0.2, 0) is 0 Å². The third-order valence-electron chi connectivity index (χ3n) is 5.05. The molecular weight excluding hydrogens is 344 g/mol. The lowest BCUT2D eigenvalue weighted by Crippen LogP contribution is -2.22. The number of carboxylic acid groups (broad SMARTS) is 1. The fraction of sp³-hybridized carbons (Fsp3) is 0.250. The van der Waals surface area contributed by atoms with Crippen LogP contribution in [0, 0.1) is 5.92 Å². The summed E-state index contributed by atoms with van der Waals surface area (Å²) in [5.41, 5.74) is 9.09. The van der Waals surface area contributed by atoms with Crippen LogP contribution < -0.4 is 11.1 Å². The number of rotatable bonds is 6. The molecule has 0 bridgehead atoms. The standard InChI is InChI=1S/C20H20N4O3/c1-11(12-5-6-12)23-18-16(19(21)25)9-22-24-10-15(8-17(18)24)13-3-2-4-14(7-13)20(26)27/h2-4,7-12,23H,5-6H2,1H3,(H2,21,25)(H,26,27). The number of aromatic carboxylic acids is 1. The van der Waals surface area contributed by atoms with Gasteiger partial charge in [-0.15, -0.1) is 0 Å². The van der Waals surface area contributed by atoms with Gasteiger partial charge < -0.3 is 16.2 Å². The van der Waals surface area contributed by atoms with Crippen molar-refractivity contribution < 1.29 is 14.7 Å². The second-order valence-corrected chi connectivity index (χ2v) is 7.01. The Morgan fingerprint density at radius 1 is 1.30 bits per heavy atom. The molecule has 4 N–H and O–H groups in total. The molecule has 0 saturated heterocycles. The van der Waals surface area contributed by atoms with Crippen molar-refractivity contribution in [3.63, 3.8) is 0 Å². The van der Waals surface area contributed by atoms with Crippen LogP contribution in [0.1, 0.15) is 40.5 Å². The van der Waals surface area contributed by atoms with Gasteiger partial charge in [-0.25, -0.2) is 9.31 Å². The molecule has 7 nitrogen and oxygen atoms in total. The van der Waals surface area contributed by atoms with Crippen LogP contribution in [0.25, 0.3) is 16.6 Å². The van der Waals surface area contributed by atoms with Gasteiger partial charge in [0.2, 0.25) is 0 Å². The lowest BCUT2D eigenvalue weighted by atomic mass is 10.1. The number of nitrogens with zero attached hydrogens (tertiary/aromatic N) is 2. The van der Waals surface area contributed by atoms with E-state index in [1.165, 1.54) is 19.0 Å². The highest BCUT2D eigenvalue weighted by Gasteiger charge is 2.29. The highest BCUT2D eigenvalue weighted by molar-refractivity contribution is 6.02. The summed E-state index contributed by atoms with van der Waals surface area (Å²) in [6.07, 6.45) is 5.63. The zero-order chi connectivity index (χ0) is 19.1. The van der Waals surface area contributed by atoms with E-state index in [2.05, 4.69) is 17.3 Å². The first-order valence-electron chi connectivity index (χ1n) is 8.85. The molecule has 1 amide bonds. The average molecular weight is 364 g/mol. The van der Waals surface area contributed by atoms with Crippen molar-refractivity contribution >= 4 is 23.1 Å². The summed E-state index contributed by atoms with van der Waals surface area (Å²) in [6.45, 7) is 2.10. The SMILES string of the molecule is CC(Nc1c(C(N)=O)cnn2cc(-c3cccc(C(=O)O)c3)cc12)C1CC1. The number of hydrogen-bond donors (Lipinski definition) is 3. The lowest BCUT2D eigenvalue weighted by molar-refractivity contribution is 0.0696. The Bertz CT molecular complexity index is 1050. The van der Waals surface area contributed by atoms with Gasteiger partial charge in [-0.2, -0.15) is 5.10 Å². The number of nitrogens with two attached hydrogens (primary N) is 1. The quantitative estimate of drug-likeness (QED) is 0.623. The summed E-state index contributed by atoms with van der Waals surface area (Å²) >= 11 is 0. The number of benzene rings is 1. The lowest BCUT2D eigenvalue weighted by Gasteiger charge is -2.17. The van der Waals surface area contributed by atoms with Crippen molar-refractivity contribution in [2.24, 2.45) is 11.7 Å². The minimum atomic E-state index is -0.977. The molecule has 27 heavy (non-hydrogen) atoms. The maximum absolute atomic E-state index is 11.9. The second-order valence-electron chi connectivity index (χ2n) is 7.01. The second kappa shape index (κ2) is 6.42. The first-order chi connectivity index (χ1) is 12.9. The molecule has 2 heterocycles. The molecule has 1 aliphatic carbocycles. The van der Waals surface area contributed by atoms with Gasteiger partial charge >= 0.3 is 5.97 Å². The Morgan fingerprint density at radius 3 is 2.74 bits per heavy atom. The largest absolute Gasteiger partial charge is 0.478 e. The molecule has 1 atom stereocenters. The summed E-state index contributed by atoms with van der Waals surface area (Å²) < 4.78 is 1.68. The van der Waals surface area contributed by atoms with E-state index in [9.17, 15) is 14.7 Å². The Hall–Kier alpha value is -3.35. The van der Waals surface area contributed by atoms with Crippen molar-refractivity contribution in [2.75, 3.05) is 5.32 Å². The Balaban J connectivity index is 1.82. The van der Waals surface area contributed by atoms with Gasteiger partial charge in [-0.3, -0.25) is 4.79 Å². The average Bonchev–Trinajstić information content (AvgIpc) is 3.40. The zero-order valence-electron chi connectivity index (χ0n) is 14.8. The minimum absolute atomic E-state index is 0.217. The van der Waals surface area contributed by atoms with Crippen molar-refractivity contribution in [3.05, 3.63) is 53.9 Å². The fourth-order valence-corrected chi connectivity index (χ4v) is 3.33. The van der Waals surface area contributed by atoms with Crippen LogP contribution in [0.15, 0.2) is 42.7 Å². The molecule has 1 aromatic carbocycles. The van der Waals surface area contributed by atoms with Gasteiger partial charge in [0.15, 0.2) is 0 Å². The summed E-state index contributed by atoms with van der Waals surface area (Å²) in [5, 5.41) is 16.9. The third kappa shape index (κ3) is 3.23. The first kappa shape index (κ1) is 17.1. The third-order valence-corrected chi connectivity index (χ3v) is 5.05. The topological polar surface area (TPSA) is 110 Å². The molecular formula is C20H20N4O3. The molecule has 138 valence electrons. The van der Waals surface area contributed by atoms with Crippen LogP contribution in [0.5, 0.6) is 0 Å².